The standard InChI is InChI=1S/C34H48N8O6/c1-21(2)28(33(47)48)42-32(46)27(20-23-13-7-4-8-14-23)41-31(45)26(19-22-11-5-3-6-12-22)40-30(44)25(16-10-18-38-34(35)36)39-29(43)24-15-9-17-37-24/h3-8,11-14,21,24-28,37H,9-10,15-20H2,1-2H3,(H,39,43)(H,40,44)(H,41,45)(H,42,46)(H,47,48)(H4,35,36,38)/t24-,25-,26-,27-,28-/m0/s1. The monoisotopic (exact) mass is 664 g/mol. The van der Waals surface area contributed by atoms with Crippen molar-refractivity contribution in [1.82, 2.24) is 31.9 Å². The number of nitrogens with two attached hydrogens (primary N) is 1. The van der Waals surface area contributed by atoms with Crippen LogP contribution in [0.3, 0.4) is 0 Å². The third-order valence-electron chi connectivity index (χ3n) is 8.06. The van der Waals surface area contributed by atoms with Gasteiger partial charge in [0, 0.05) is 19.4 Å². The minimum atomic E-state index is -1.20. The van der Waals surface area contributed by atoms with Crippen LogP contribution in [-0.4, -0.2) is 84.0 Å². The highest BCUT2D eigenvalue weighted by molar-refractivity contribution is 5.95. The van der Waals surface area contributed by atoms with E-state index in [-0.39, 0.29) is 31.1 Å². The number of guanidine groups is 1. The third-order valence-corrected chi connectivity index (χ3v) is 8.06. The first-order chi connectivity index (χ1) is 22.9. The fraction of sp³-hybridized carbons (Fsp3) is 0.471. The summed E-state index contributed by atoms with van der Waals surface area (Å²) in [5.41, 5.74) is 6.86. The summed E-state index contributed by atoms with van der Waals surface area (Å²) in [7, 11) is 0. The van der Waals surface area contributed by atoms with Crippen molar-refractivity contribution in [1.29, 1.82) is 5.41 Å². The number of aliphatic carboxylic acids is 1. The Morgan fingerprint density at radius 2 is 1.35 bits per heavy atom. The predicted molar refractivity (Wildman–Crippen MR) is 181 cm³/mol. The minimum Gasteiger partial charge on any atom is -0.480 e. The molecule has 3 rings (SSSR count). The van der Waals surface area contributed by atoms with Crippen LogP contribution in [0.1, 0.15) is 50.7 Å². The zero-order chi connectivity index (χ0) is 35.1. The van der Waals surface area contributed by atoms with Gasteiger partial charge in [0.15, 0.2) is 5.96 Å². The van der Waals surface area contributed by atoms with Crippen molar-refractivity contribution in [3.8, 4) is 0 Å². The number of carbonyl (C=O) groups is 5. The van der Waals surface area contributed by atoms with Crippen LogP contribution in [0.4, 0.5) is 0 Å². The summed E-state index contributed by atoms with van der Waals surface area (Å²) in [6.07, 6.45) is 2.22. The van der Waals surface area contributed by atoms with Gasteiger partial charge in [-0.05, 0) is 49.3 Å². The van der Waals surface area contributed by atoms with E-state index in [0.29, 0.717) is 25.9 Å². The van der Waals surface area contributed by atoms with Gasteiger partial charge in [-0.1, -0.05) is 74.5 Å². The second-order valence-electron chi connectivity index (χ2n) is 12.3. The SMILES string of the molecule is CC(C)[C@H](NC(=O)[C@H](Cc1ccccc1)NC(=O)[C@H](Cc1ccccc1)NC(=O)[C@H](CCCNC(=N)N)NC(=O)[C@@H]1CCCN1)C(=O)O. The molecule has 0 unspecified atom stereocenters. The van der Waals surface area contributed by atoms with Crippen molar-refractivity contribution < 1.29 is 29.1 Å². The molecule has 48 heavy (non-hydrogen) atoms. The molecule has 14 heteroatoms. The summed E-state index contributed by atoms with van der Waals surface area (Å²) >= 11 is 0. The highest BCUT2D eigenvalue weighted by Gasteiger charge is 2.33. The van der Waals surface area contributed by atoms with Crippen molar-refractivity contribution in [2.75, 3.05) is 13.1 Å². The Morgan fingerprint density at radius 3 is 1.81 bits per heavy atom. The first-order valence-electron chi connectivity index (χ1n) is 16.3. The maximum absolute atomic E-state index is 14.0. The number of carbonyl (C=O) groups excluding carboxylic acids is 4. The molecule has 0 spiro atoms. The first kappa shape index (κ1) is 37.5. The number of nitrogens with one attached hydrogen (secondary N) is 7. The summed E-state index contributed by atoms with van der Waals surface area (Å²) in [6.45, 7) is 4.33. The molecule has 14 nitrogen and oxygen atoms in total. The van der Waals surface area contributed by atoms with E-state index in [1.165, 1.54) is 0 Å². The molecule has 0 saturated carbocycles. The van der Waals surface area contributed by atoms with Crippen molar-refractivity contribution in [2.24, 2.45) is 11.7 Å². The molecule has 0 aromatic heterocycles. The molecule has 10 N–H and O–H groups in total. The molecule has 4 amide bonds. The Balaban J connectivity index is 1.85. The molecule has 0 bridgehead atoms. The van der Waals surface area contributed by atoms with E-state index < -0.39 is 59.8 Å². The number of rotatable bonds is 18. The summed E-state index contributed by atoms with van der Waals surface area (Å²) < 4.78 is 0. The second-order valence-corrected chi connectivity index (χ2v) is 12.3. The van der Waals surface area contributed by atoms with Gasteiger partial charge in [-0.2, -0.15) is 0 Å². The van der Waals surface area contributed by atoms with Gasteiger partial charge in [0.25, 0.3) is 0 Å². The average Bonchev–Trinajstić information content (AvgIpc) is 3.60. The molecule has 5 atom stereocenters. The molecular formula is C34H48N8O6. The Hall–Kier alpha value is -4.98. The van der Waals surface area contributed by atoms with Crippen LogP contribution in [0.5, 0.6) is 0 Å². The molecule has 0 aliphatic carbocycles. The minimum absolute atomic E-state index is 0.0745. The van der Waals surface area contributed by atoms with Crippen LogP contribution >= 0.6 is 0 Å². The maximum atomic E-state index is 14.0. The normalized spacial score (nSPS) is 16.5. The summed E-state index contributed by atoms with van der Waals surface area (Å²) in [5.74, 6) is -4.07. The molecule has 2 aromatic carbocycles. The van der Waals surface area contributed by atoms with Crippen LogP contribution in [0.25, 0.3) is 0 Å². The molecular weight excluding hydrogens is 616 g/mol. The van der Waals surface area contributed by atoms with Gasteiger partial charge in [-0.15, -0.1) is 0 Å². The number of benzene rings is 2. The molecule has 0 radical (unpaired) electrons. The van der Waals surface area contributed by atoms with E-state index in [1.54, 1.807) is 62.4 Å². The van der Waals surface area contributed by atoms with Gasteiger partial charge in [0.05, 0.1) is 6.04 Å². The average molecular weight is 665 g/mol. The van der Waals surface area contributed by atoms with E-state index in [9.17, 15) is 29.1 Å². The van der Waals surface area contributed by atoms with E-state index in [2.05, 4.69) is 31.9 Å². The largest absolute Gasteiger partial charge is 0.480 e. The van der Waals surface area contributed by atoms with Crippen LogP contribution in [0.15, 0.2) is 60.7 Å². The molecule has 2 aromatic rings. The summed E-state index contributed by atoms with van der Waals surface area (Å²) in [6, 6.07) is 13.1. The molecule has 1 aliphatic rings. The number of carboxylic acid groups (broad SMARTS) is 1. The van der Waals surface area contributed by atoms with Crippen molar-refractivity contribution in [3.63, 3.8) is 0 Å². The van der Waals surface area contributed by atoms with Crippen LogP contribution in [0, 0.1) is 11.3 Å². The van der Waals surface area contributed by atoms with Gasteiger partial charge in [0.1, 0.15) is 24.2 Å². The van der Waals surface area contributed by atoms with Gasteiger partial charge >= 0.3 is 5.97 Å². The number of amides is 4. The summed E-state index contributed by atoms with van der Waals surface area (Å²) in [4.78, 5) is 66.1. The Morgan fingerprint density at radius 1 is 0.833 bits per heavy atom. The van der Waals surface area contributed by atoms with Crippen molar-refractivity contribution in [2.45, 2.75) is 82.6 Å². The molecule has 1 fully saturated rings. The zero-order valence-corrected chi connectivity index (χ0v) is 27.5. The highest BCUT2D eigenvalue weighted by atomic mass is 16.4. The van der Waals surface area contributed by atoms with Crippen LogP contribution < -0.4 is 37.6 Å². The van der Waals surface area contributed by atoms with Gasteiger partial charge < -0.3 is 42.7 Å². The highest BCUT2D eigenvalue weighted by Crippen LogP contribution is 2.11. The van der Waals surface area contributed by atoms with E-state index >= 15 is 0 Å². The lowest BCUT2D eigenvalue weighted by atomic mass is 10.00. The Bertz CT molecular complexity index is 1380. The Labute approximate surface area is 280 Å². The number of carboxylic acids is 1. The lowest BCUT2D eigenvalue weighted by Crippen LogP contribution is -2.59. The van der Waals surface area contributed by atoms with E-state index in [4.69, 9.17) is 11.1 Å². The number of hydrogen-bond donors (Lipinski definition) is 9. The quantitative estimate of drug-likeness (QED) is 0.0600. The fourth-order valence-corrected chi connectivity index (χ4v) is 5.41. The topological polar surface area (TPSA) is 228 Å². The second kappa shape index (κ2) is 19.0. The van der Waals surface area contributed by atoms with Gasteiger partial charge in [-0.25, -0.2) is 4.79 Å². The smallest absolute Gasteiger partial charge is 0.326 e. The third kappa shape index (κ3) is 12.3. The van der Waals surface area contributed by atoms with Gasteiger partial charge in [0.2, 0.25) is 23.6 Å². The van der Waals surface area contributed by atoms with Crippen LogP contribution in [-0.2, 0) is 36.8 Å². The lowest BCUT2D eigenvalue weighted by molar-refractivity contribution is -0.143. The Kier molecular flexibility index (Phi) is 14.8. The number of hydrogen-bond acceptors (Lipinski definition) is 7. The van der Waals surface area contributed by atoms with Crippen molar-refractivity contribution in [3.05, 3.63) is 71.8 Å². The van der Waals surface area contributed by atoms with E-state index in [1.807, 2.05) is 12.1 Å². The maximum Gasteiger partial charge on any atom is 0.326 e. The van der Waals surface area contributed by atoms with Crippen molar-refractivity contribution >= 4 is 35.6 Å². The predicted octanol–water partition coefficient (Wildman–Crippen LogP) is 0.167. The van der Waals surface area contributed by atoms with Gasteiger partial charge in [-0.3, -0.25) is 24.6 Å². The molecule has 260 valence electrons. The van der Waals surface area contributed by atoms with E-state index in [0.717, 1.165) is 17.5 Å². The lowest BCUT2D eigenvalue weighted by Gasteiger charge is -2.27. The zero-order valence-electron chi connectivity index (χ0n) is 27.5. The van der Waals surface area contributed by atoms with Crippen LogP contribution in [0.2, 0.25) is 0 Å². The summed E-state index contributed by atoms with van der Waals surface area (Å²) in [5, 5.41) is 33.8. The molecule has 1 saturated heterocycles. The fourth-order valence-electron chi connectivity index (χ4n) is 5.41. The first-order valence-corrected chi connectivity index (χ1v) is 16.3. The molecule has 1 heterocycles. The molecule has 1 aliphatic heterocycles.